The Labute approximate surface area is 323 Å². The highest BCUT2D eigenvalue weighted by Gasteiger charge is 2.29. The lowest BCUT2D eigenvalue weighted by Gasteiger charge is -2.24. The summed E-state index contributed by atoms with van der Waals surface area (Å²) >= 11 is 0. The average Bonchev–Trinajstić information content (AvgIpc) is 3.16. The quantitative estimate of drug-likeness (QED) is 0.0130. The number of nitro benzene ring substituents is 2. The summed E-state index contributed by atoms with van der Waals surface area (Å²) in [4.78, 5) is 107. The van der Waals surface area contributed by atoms with E-state index in [-0.39, 0.29) is 56.8 Å². The number of unbranched alkanes of at least 4 members (excludes halogenated alkanes) is 1. The number of aliphatic carboxylic acids is 1. The Kier molecular flexibility index (Phi) is 21.5. The van der Waals surface area contributed by atoms with E-state index in [1.54, 1.807) is 0 Å². The van der Waals surface area contributed by atoms with Crippen LogP contribution in [0.3, 0.4) is 0 Å². The number of hydrogen-bond donors (Lipinski definition) is 14. The number of carbonyl (C=O) groups is 7. The molecule has 0 aliphatic heterocycles. The lowest BCUT2D eigenvalue weighted by atomic mass is 10.1. The minimum absolute atomic E-state index is 0.0230. The second-order valence-electron chi connectivity index (χ2n) is 11.9. The number of anilines is 1. The summed E-state index contributed by atoms with van der Waals surface area (Å²) in [5, 5.41) is 76.4. The molecule has 16 N–H and O–H groups in total. The van der Waals surface area contributed by atoms with Crippen LogP contribution in [0.1, 0.15) is 32.1 Å². The minimum Gasteiger partial charge on any atom is -0.480 e. The Balaban J connectivity index is 2.89. The van der Waals surface area contributed by atoms with E-state index in [4.69, 9.17) is 22.0 Å². The van der Waals surface area contributed by atoms with Crippen LogP contribution in [0.4, 0.5) is 17.1 Å². The molecule has 0 aliphatic carbocycles. The highest BCUT2D eigenvalue weighted by atomic mass is 16.6. The number of carbonyl (C=O) groups excluding carboxylic acids is 6. The monoisotopic (exact) mass is 813 g/mol. The number of nitrogens with one attached hydrogen (secondary N) is 9. The third-order valence-electron chi connectivity index (χ3n) is 7.54. The Morgan fingerprint density at radius 2 is 1.28 bits per heavy atom. The first kappa shape index (κ1) is 48.3. The van der Waals surface area contributed by atoms with E-state index in [2.05, 4.69) is 42.5 Å². The van der Waals surface area contributed by atoms with E-state index in [9.17, 15) is 64.0 Å². The van der Waals surface area contributed by atoms with E-state index in [0.29, 0.717) is 0 Å². The topological polar surface area (TPSA) is 439 Å². The van der Waals surface area contributed by atoms with Gasteiger partial charge in [0.2, 0.25) is 35.4 Å². The molecular weight excluding hydrogens is 766 g/mol. The molecule has 27 nitrogen and oxygen atoms in total. The summed E-state index contributed by atoms with van der Waals surface area (Å²) in [6, 6.07) is -2.82. The van der Waals surface area contributed by atoms with Crippen LogP contribution in [0.15, 0.2) is 18.2 Å². The van der Waals surface area contributed by atoms with Crippen molar-refractivity contribution in [1.82, 2.24) is 37.2 Å². The second kappa shape index (κ2) is 25.4. The van der Waals surface area contributed by atoms with E-state index in [1.807, 2.05) is 0 Å². The van der Waals surface area contributed by atoms with Gasteiger partial charge in [-0.2, -0.15) is 0 Å². The zero-order valence-electron chi connectivity index (χ0n) is 30.4. The van der Waals surface area contributed by atoms with Crippen LogP contribution in [-0.4, -0.2) is 143 Å². The van der Waals surface area contributed by atoms with Crippen LogP contribution in [0.25, 0.3) is 0 Å². The van der Waals surface area contributed by atoms with Gasteiger partial charge < -0.3 is 69.3 Å². The lowest BCUT2D eigenvalue weighted by molar-refractivity contribution is -0.393. The van der Waals surface area contributed by atoms with Crippen molar-refractivity contribution >= 4 is 64.4 Å². The molecule has 0 radical (unpaired) electrons. The van der Waals surface area contributed by atoms with Gasteiger partial charge in [0, 0.05) is 19.2 Å². The van der Waals surface area contributed by atoms with E-state index >= 15 is 0 Å². The van der Waals surface area contributed by atoms with Crippen molar-refractivity contribution < 1.29 is 58.7 Å². The molecule has 0 aliphatic rings. The van der Waals surface area contributed by atoms with Gasteiger partial charge in [0.25, 0.3) is 11.4 Å². The molecule has 0 saturated heterocycles. The first-order valence-electron chi connectivity index (χ1n) is 17.1. The van der Waals surface area contributed by atoms with Crippen LogP contribution in [-0.2, 0) is 33.6 Å². The zero-order chi connectivity index (χ0) is 43.1. The number of non-ortho nitro benzene ring substituents is 1. The number of amides is 6. The van der Waals surface area contributed by atoms with Crippen LogP contribution in [0.5, 0.6) is 0 Å². The standard InChI is InChI=1S/C30H47N13O14/c31-17(14-44)26(49)38-12-24(47)36-11-23(46)37-13-25(48)39-21(15-45)28(51)40-19(27(50)41-20(29(52)53)5-3-9-35-30(32)33)4-1-2-8-34-18-7-6-16(42(54)55)10-22(18)43(56)57/h6-7,10,17,19-21,34,44-45H,1-5,8-9,11-15,31H2,(H,36,47)(H,37,46)(H,38,49)(H,39,48)(H,40,51)(H,41,50)(H,52,53)(H4,32,33,35)/t17-,19-,20+,21-/m0/s1. The number of guanidine groups is 1. The molecule has 0 saturated carbocycles. The van der Waals surface area contributed by atoms with E-state index in [1.165, 1.54) is 0 Å². The SMILES string of the molecule is N=C(N)NCCC[C@@H](NC(=O)[C@H](CCCCNc1ccc([N+](=O)[O-])cc1[N+](=O)[O-])NC(=O)[C@H](CO)NC(=O)CNC(=O)CNC(=O)CNC(=O)[C@@H](N)CO)C(=O)O. The molecule has 4 atom stereocenters. The predicted octanol–water partition coefficient (Wildman–Crippen LogP) is -5.45. The number of nitrogens with zero attached hydrogens (tertiary/aromatic N) is 2. The smallest absolute Gasteiger partial charge is 0.326 e. The number of nitrogens with two attached hydrogens (primary N) is 2. The number of benzene rings is 1. The van der Waals surface area contributed by atoms with Gasteiger partial charge in [-0.1, -0.05) is 0 Å². The zero-order valence-corrected chi connectivity index (χ0v) is 30.4. The maximum absolute atomic E-state index is 13.3. The van der Waals surface area contributed by atoms with E-state index < -0.39 is 120 Å². The molecule has 0 bridgehead atoms. The normalized spacial score (nSPS) is 12.6. The molecule has 0 aromatic heterocycles. The Hall–Kier alpha value is -6.74. The number of hydrogen-bond acceptors (Lipinski definition) is 16. The first-order chi connectivity index (χ1) is 26.9. The third-order valence-corrected chi connectivity index (χ3v) is 7.54. The van der Waals surface area contributed by atoms with Crippen LogP contribution >= 0.6 is 0 Å². The van der Waals surface area contributed by atoms with Crippen molar-refractivity contribution in [1.29, 1.82) is 5.41 Å². The molecule has 1 rings (SSSR count). The van der Waals surface area contributed by atoms with Gasteiger partial charge in [-0.3, -0.25) is 54.4 Å². The van der Waals surface area contributed by atoms with Gasteiger partial charge in [-0.05, 0) is 38.2 Å². The molecule has 0 spiro atoms. The van der Waals surface area contributed by atoms with Crippen molar-refractivity contribution in [2.45, 2.75) is 56.3 Å². The lowest BCUT2D eigenvalue weighted by Crippen LogP contribution is -2.57. The highest BCUT2D eigenvalue weighted by Crippen LogP contribution is 2.29. The van der Waals surface area contributed by atoms with Crippen molar-refractivity contribution in [3.05, 3.63) is 38.4 Å². The Bertz CT molecular complexity index is 1630. The van der Waals surface area contributed by atoms with Gasteiger partial charge in [0.1, 0.15) is 29.9 Å². The molecule has 1 aromatic rings. The van der Waals surface area contributed by atoms with Gasteiger partial charge >= 0.3 is 5.97 Å². The van der Waals surface area contributed by atoms with Crippen LogP contribution < -0.4 is 54.0 Å². The van der Waals surface area contributed by atoms with Gasteiger partial charge in [-0.25, -0.2) is 4.79 Å². The predicted molar refractivity (Wildman–Crippen MR) is 196 cm³/mol. The molecule has 0 heterocycles. The maximum atomic E-state index is 13.3. The summed E-state index contributed by atoms with van der Waals surface area (Å²) in [5.74, 6) is -7.25. The van der Waals surface area contributed by atoms with Crippen LogP contribution in [0, 0.1) is 25.6 Å². The largest absolute Gasteiger partial charge is 0.480 e. The molecule has 57 heavy (non-hydrogen) atoms. The summed E-state index contributed by atoms with van der Waals surface area (Å²) in [5.41, 5.74) is 9.43. The highest BCUT2D eigenvalue weighted by molar-refractivity contribution is 5.95. The molecule has 0 unspecified atom stereocenters. The second-order valence-corrected chi connectivity index (χ2v) is 11.9. The molecule has 0 fully saturated rings. The number of carboxylic acids is 1. The third kappa shape index (κ3) is 18.9. The van der Waals surface area contributed by atoms with Crippen molar-refractivity contribution in [3.63, 3.8) is 0 Å². The first-order valence-corrected chi connectivity index (χ1v) is 17.1. The number of nitro groups is 2. The Morgan fingerprint density at radius 1 is 0.702 bits per heavy atom. The molecular formula is C30H47N13O14. The summed E-state index contributed by atoms with van der Waals surface area (Å²) in [6.07, 6.45) is 0.244. The van der Waals surface area contributed by atoms with Gasteiger partial charge in [0.15, 0.2) is 5.96 Å². The number of carboxylic acid groups (broad SMARTS) is 1. The fourth-order valence-electron chi connectivity index (χ4n) is 4.53. The number of aliphatic hydroxyl groups excluding tert-OH is 2. The molecule has 1 aromatic carbocycles. The Morgan fingerprint density at radius 3 is 1.84 bits per heavy atom. The van der Waals surface area contributed by atoms with Crippen LogP contribution in [0.2, 0.25) is 0 Å². The summed E-state index contributed by atoms with van der Waals surface area (Å²) in [7, 11) is 0. The van der Waals surface area contributed by atoms with Gasteiger partial charge in [0.05, 0.1) is 48.8 Å². The van der Waals surface area contributed by atoms with Gasteiger partial charge in [-0.15, -0.1) is 0 Å². The fraction of sp³-hybridized carbons (Fsp3) is 0.533. The molecule has 27 heteroatoms. The minimum atomic E-state index is -1.67. The van der Waals surface area contributed by atoms with Crippen molar-refractivity contribution in [2.75, 3.05) is 51.3 Å². The number of aliphatic hydroxyl groups is 2. The number of rotatable bonds is 27. The average molecular weight is 814 g/mol. The fourth-order valence-corrected chi connectivity index (χ4v) is 4.53. The van der Waals surface area contributed by atoms with Crippen molar-refractivity contribution in [3.8, 4) is 0 Å². The summed E-state index contributed by atoms with van der Waals surface area (Å²) in [6.45, 7) is -3.39. The molecule has 6 amide bonds. The molecule has 316 valence electrons. The van der Waals surface area contributed by atoms with Crippen molar-refractivity contribution in [2.24, 2.45) is 11.5 Å². The van der Waals surface area contributed by atoms with E-state index in [0.717, 1.165) is 18.2 Å². The summed E-state index contributed by atoms with van der Waals surface area (Å²) < 4.78 is 0. The maximum Gasteiger partial charge on any atom is 0.326 e.